The number of fused-ring (bicyclic) bond motifs is 1. The van der Waals surface area contributed by atoms with Crippen LogP contribution in [0, 0.1) is 6.92 Å². The summed E-state index contributed by atoms with van der Waals surface area (Å²) in [4.78, 5) is 11.2. The van der Waals surface area contributed by atoms with E-state index in [2.05, 4.69) is 24.3 Å². The number of rotatable bonds is 3. The lowest BCUT2D eigenvalue weighted by molar-refractivity contribution is -0.136. The number of carbonyl (C=O) groups is 1. The first-order valence-electron chi connectivity index (χ1n) is 7.09. The van der Waals surface area contributed by atoms with Crippen molar-refractivity contribution in [3.8, 4) is 0 Å². The van der Waals surface area contributed by atoms with Gasteiger partial charge in [0.25, 0.3) is 0 Å². The number of carboxylic acids is 1. The molecule has 0 fully saturated rings. The van der Waals surface area contributed by atoms with Crippen LogP contribution >= 0.6 is 0 Å². The minimum Gasteiger partial charge on any atom is -0.481 e. The molecule has 0 amide bonds. The van der Waals surface area contributed by atoms with Crippen LogP contribution in [0.25, 0.3) is 16.3 Å². The van der Waals surface area contributed by atoms with Crippen molar-refractivity contribution in [2.75, 3.05) is 0 Å². The quantitative estimate of drug-likeness (QED) is 0.897. The van der Waals surface area contributed by atoms with E-state index in [1.165, 1.54) is 28.3 Å². The Labute approximate surface area is 118 Å². The predicted octanol–water partition coefficient (Wildman–Crippen LogP) is 4.34. The molecule has 20 heavy (non-hydrogen) atoms. The molecule has 2 nitrogen and oxygen atoms in total. The fourth-order valence-corrected chi connectivity index (χ4v) is 3.17. The van der Waals surface area contributed by atoms with Crippen molar-refractivity contribution in [3.05, 3.63) is 53.1 Å². The maximum atomic E-state index is 11.2. The summed E-state index contributed by atoms with van der Waals surface area (Å²) in [6.45, 7) is 2.02. The Hall–Kier alpha value is -2.09. The molecule has 1 aliphatic rings. The van der Waals surface area contributed by atoms with Gasteiger partial charge in [-0.15, -0.1) is 0 Å². The van der Waals surface area contributed by atoms with Gasteiger partial charge in [-0.2, -0.15) is 0 Å². The average Bonchev–Trinajstić information content (AvgIpc) is 2.92. The highest BCUT2D eigenvalue weighted by molar-refractivity contribution is 5.97. The zero-order valence-corrected chi connectivity index (χ0v) is 11.6. The maximum absolute atomic E-state index is 11.2. The Balaban J connectivity index is 2.32. The topological polar surface area (TPSA) is 37.3 Å². The molecule has 0 aliphatic heterocycles. The standard InChI is InChI=1S/C18H18O2/c1-12-10-14-8-4-5-9-15(14)18(13-6-2-3-7-13)16(12)11-17(19)20/h4-6,8-10H,2-3,7,11H2,1H3,(H,19,20). The average molecular weight is 266 g/mol. The van der Waals surface area contributed by atoms with E-state index in [1.54, 1.807) is 0 Å². The lowest BCUT2D eigenvalue weighted by atomic mass is 9.88. The van der Waals surface area contributed by atoms with Crippen LogP contribution < -0.4 is 0 Å². The molecule has 0 atom stereocenters. The Morgan fingerprint density at radius 3 is 2.80 bits per heavy atom. The zero-order valence-electron chi connectivity index (χ0n) is 11.6. The summed E-state index contributed by atoms with van der Waals surface area (Å²) in [5, 5.41) is 11.6. The van der Waals surface area contributed by atoms with Gasteiger partial charge in [-0.1, -0.05) is 36.4 Å². The number of aryl methyl sites for hydroxylation is 1. The molecule has 0 unspecified atom stereocenters. The summed E-state index contributed by atoms with van der Waals surface area (Å²) >= 11 is 0. The summed E-state index contributed by atoms with van der Waals surface area (Å²) in [6, 6.07) is 10.4. The monoisotopic (exact) mass is 266 g/mol. The molecule has 1 N–H and O–H groups in total. The van der Waals surface area contributed by atoms with Crippen molar-refractivity contribution in [2.24, 2.45) is 0 Å². The van der Waals surface area contributed by atoms with Crippen LogP contribution in [0.3, 0.4) is 0 Å². The van der Waals surface area contributed by atoms with Crippen molar-refractivity contribution >= 4 is 22.3 Å². The fraction of sp³-hybridized carbons (Fsp3) is 0.278. The molecule has 1 aliphatic carbocycles. The van der Waals surface area contributed by atoms with E-state index in [0.29, 0.717) is 0 Å². The molecule has 0 radical (unpaired) electrons. The minimum atomic E-state index is -0.761. The molecule has 0 saturated heterocycles. The Morgan fingerprint density at radius 1 is 1.30 bits per heavy atom. The van der Waals surface area contributed by atoms with E-state index in [9.17, 15) is 9.90 Å². The van der Waals surface area contributed by atoms with Crippen LogP contribution in [0.2, 0.25) is 0 Å². The van der Waals surface area contributed by atoms with E-state index < -0.39 is 5.97 Å². The smallest absolute Gasteiger partial charge is 0.307 e. The Bertz CT molecular complexity index is 711. The highest BCUT2D eigenvalue weighted by atomic mass is 16.4. The van der Waals surface area contributed by atoms with E-state index in [4.69, 9.17) is 0 Å². The van der Waals surface area contributed by atoms with Crippen LogP contribution in [0.15, 0.2) is 36.4 Å². The van der Waals surface area contributed by atoms with Crippen LogP contribution in [0.1, 0.15) is 36.0 Å². The van der Waals surface area contributed by atoms with Crippen LogP contribution in [-0.4, -0.2) is 11.1 Å². The lowest BCUT2D eigenvalue weighted by Crippen LogP contribution is -2.06. The van der Waals surface area contributed by atoms with Gasteiger partial charge in [-0.25, -0.2) is 0 Å². The minimum absolute atomic E-state index is 0.101. The summed E-state index contributed by atoms with van der Waals surface area (Å²) in [5.41, 5.74) is 4.54. The number of allylic oxidation sites excluding steroid dienone is 2. The molecule has 2 aromatic carbocycles. The lowest BCUT2D eigenvalue weighted by Gasteiger charge is -2.16. The first-order chi connectivity index (χ1) is 9.66. The molecule has 0 bridgehead atoms. The first kappa shape index (κ1) is 12.9. The van der Waals surface area contributed by atoms with Gasteiger partial charge in [-0.3, -0.25) is 4.79 Å². The highest BCUT2D eigenvalue weighted by Gasteiger charge is 2.18. The van der Waals surface area contributed by atoms with Gasteiger partial charge in [0, 0.05) is 0 Å². The molecule has 0 saturated carbocycles. The van der Waals surface area contributed by atoms with Crippen molar-refractivity contribution < 1.29 is 9.90 Å². The van der Waals surface area contributed by atoms with Crippen molar-refractivity contribution in [1.29, 1.82) is 0 Å². The van der Waals surface area contributed by atoms with Gasteiger partial charge in [0.15, 0.2) is 0 Å². The number of aliphatic carboxylic acids is 1. The highest BCUT2D eigenvalue weighted by Crippen LogP contribution is 2.37. The van der Waals surface area contributed by atoms with Gasteiger partial charge in [0.2, 0.25) is 0 Å². The van der Waals surface area contributed by atoms with Gasteiger partial charge in [0.1, 0.15) is 0 Å². The van der Waals surface area contributed by atoms with E-state index >= 15 is 0 Å². The Kier molecular flexibility index (Phi) is 3.31. The number of carboxylic acid groups (broad SMARTS) is 1. The molecule has 0 spiro atoms. The van der Waals surface area contributed by atoms with Crippen molar-refractivity contribution in [2.45, 2.75) is 32.6 Å². The molecule has 0 aromatic heterocycles. The molecule has 2 heteroatoms. The number of hydrogen-bond acceptors (Lipinski definition) is 1. The second kappa shape index (κ2) is 5.12. The largest absolute Gasteiger partial charge is 0.481 e. The van der Waals surface area contributed by atoms with Crippen LogP contribution in [0.5, 0.6) is 0 Å². The van der Waals surface area contributed by atoms with Crippen LogP contribution in [0.4, 0.5) is 0 Å². The van der Waals surface area contributed by atoms with Crippen LogP contribution in [-0.2, 0) is 11.2 Å². The van der Waals surface area contributed by atoms with Crippen molar-refractivity contribution in [3.63, 3.8) is 0 Å². The van der Waals surface area contributed by atoms with E-state index in [1.807, 2.05) is 19.1 Å². The van der Waals surface area contributed by atoms with E-state index in [-0.39, 0.29) is 6.42 Å². The Morgan fingerprint density at radius 2 is 2.10 bits per heavy atom. The van der Waals surface area contributed by atoms with E-state index in [0.717, 1.165) is 24.0 Å². The molecule has 3 rings (SSSR count). The molecule has 0 heterocycles. The third-order valence-electron chi connectivity index (χ3n) is 4.07. The molecular weight excluding hydrogens is 248 g/mol. The molecular formula is C18H18O2. The van der Waals surface area contributed by atoms with Gasteiger partial charge in [-0.05, 0) is 59.2 Å². The number of benzene rings is 2. The number of hydrogen-bond donors (Lipinski definition) is 1. The second-order valence-corrected chi connectivity index (χ2v) is 5.46. The molecule has 2 aromatic rings. The SMILES string of the molecule is Cc1cc2ccccc2c(C2=CCCC2)c1CC(=O)O. The van der Waals surface area contributed by atoms with Gasteiger partial charge < -0.3 is 5.11 Å². The predicted molar refractivity (Wildman–Crippen MR) is 81.9 cm³/mol. The first-order valence-corrected chi connectivity index (χ1v) is 7.09. The third kappa shape index (κ3) is 2.22. The summed E-state index contributed by atoms with van der Waals surface area (Å²) in [6.07, 6.45) is 5.70. The normalized spacial score (nSPS) is 14.6. The third-order valence-corrected chi connectivity index (χ3v) is 4.07. The summed E-state index contributed by atoms with van der Waals surface area (Å²) < 4.78 is 0. The second-order valence-electron chi connectivity index (χ2n) is 5.46. The zero-order chi connectivity index (χ0) is 14.1. The van der Waals surface area contributed by atoms with Gasteiger partial charge >= 0.3 is 5.97 Å². The maximum Gasteiger partial charge on any atom is 0.307 e. The fourth-order valence-electron chi connectivity index (χ4n) is 3.17. The summed E-state index contributed by atoms with van der Waals surface area (Å²) in [7, 11) is 0. The summed E-state index contributed by atoms with van der Waals surface area (Å²) in [5.74, 6) is -0.761. The molecule has 102 valence electrons. The van der Waals surface area contributed by atoms with Crippen molar-refractivity contribution in [1.82, 2.24) is 0 Å². The van der Waals surface area contributed by atoms with Gasteiger partial charge in [0.05, 0.1) is 6.42 Å².